The van der Waals surface area contributed by atoms with Crippen LogP contribution in [-0.4, -0.2) is 57.9 Å². The van der Waals surface area contributed by atoms with Crippen LogP contribution < -0.4 is 5.32 Å². The highest BCUT2D eigenvalue weighted by Crippen LogP contribution is 2.46. The van der Waals surface area contributed by atoms with Crippen LogP contribution in [-0.2, 0) is 41.5 Å². The second-order valence-corrected chi connectivity index (χ2v) is 14.1. The minimum atomic E-state index is -0.769. The summed E-state index contributed by atoms with van der Waals surface area (Å²) in [5.74, 6) is -1.18. The first kappa shape index (κ1) is 32.5. The lowest BCUT2D eigenvalue weighted by atomic mass is 10.0. The summed E-state index contributed by atoms with van der Waals surface area (Å²) in [4.78, 5) is 59.2. The molecule has 1 N–H and O–H groups in total. The Hall–Kier alpha value is -4.39. The van der Waals surface area contributed by atoms with Crippen LogP contribution in [0.5, 0.6) is 0 Å². The van der Waals surface area contributed by atoms with Crippen molar-refractivity contribution in [2.45, 2.75) is 41.1 Å². The number of aryl methyl sites for hydroxylation is 1. The second-order valence-electron chi connectivity index (χ2n) is 10.8. The van der Waals surface area contributed by atoms with Gasteiger partial charge < -0.3 is 14.8 Å². The van der Waals surface area contributed by atoms with Crippen LogP contribution in [0.15, 0.2) is 111 Å². The molecule has 1 aromatic heterocycles. The monoisotopic (exact) mass is 685 g/mol. The number of thioether (sulfide) groups is 2. The Kier molecular flexibility index (Phi) is 10.4. The molecule has 9 nitrogen and oxygen atoms in total. The van der Waals surface area contributed by atoms with Gasteiger partial charge in [-0.15, -0.1) is 23.1 Å². The number of hydrogen-bond acceptors (Lipinski definition) is 10. The Morgan fingerprint density at radius 3 is 2.26 bits per heavy atom. The van der Waals surface area contributed by atoms with Gasteiger partial charge in [0.2, 0.25) is 5.91 Å². The Morgan fingerprint density at radius 1 is 0.979 bits per heavy atom. The number of fused-ring (bicyclic) bond motifs is 1. The summed E-state index contributed by atoms with van der Waals surface area (Å²) < 4.78 is 11.7. The second kappa shape index (κ2) is 15.0. The Bertz CT molecular complexity index is 1740. The number of nitrogens with zero attached hydrogens (tertiary/aromatic N) is 2. The zero-order chi connectivity index (χ0) is 32.8. The van der Waals surface area contributed by atoms with E-state index in [4.69, 9.17) is 9.47 Å². The molecule has 12 heteroatoms. The molecule has 0 spiro atoms. The number of nitrogens with one attached hydrogen (secondary N) is 1. The average Bonchev–Trinajstić information content (AvgIpc) is 3.56. The Morgan fingerprint density at radius 2 is 1.62 bits per heavy atom. The maximum absolute atomic E-state index is 14.2. The molecule has 2 aliphatic rings. The molecule has 0 radical (unpaired) electrons. The van der Waals surface area contributed by atoms with Crippen LogP contribution in [0, 0.1) is 0 Å². The van der Waals surface area contributed by atoms with Crippen LogP contribution in [0.25, 0.3) is 0 Å². The molecule has 2 aliphatic heterocycles. The normalized spacial score (nSPS) is 17.1. The van der Waals surface area contributed by atoms with Gasteiger partial charge in [-0.25, -0.2) is 9.78 Å². The summed E-state index contributed by atoms with van der Waals surface area (Å²) in [6.07, 6.45) is 0.0762. The van der Waals surface area contributed by atoms with Gasteiger partial charge >= 0.3 is 11.9 Å². The number of methoxy groups -OCH3 is 1. The number of rotatable bonds is 12. The number of aromatic nitrogens is 1. The SMILES string of the molecule is COC(=O)CCc1csc(SC2=C(C(=O)OC(c3ccccc3)c3ccccc3)N3C(=O)[C@@H](NC(=O)Cc4ccccc4)[C@H]3SC2)n1. The molecule has 1 saturated heterocycles. The number of β-lactam (4-membered cyclic amide) rings is 1. The molecule has 0 aliphatic carbocycles. The van der Waals surface area contributed by atoms with Gasteiger partial charge in [0, 0.05) is 22.5 Å². The van der Waals surface area contributed by atoms with Crippen molar-refractivity contribution in [3.05, 3.63) is 129 Å². The van der Waals surface area contributed by atoms with Crippen LogP contribution in [0.3, 0.4) is 0 Å². The number of carbonyl (C=O) groups is 4. The lowest BCUT2D eigenvalue weighted by Gasteiger charge is -2.49. The highest BCUT2D eigenvalue weighted by atomic mass is 32.2. The lowest BCUT2D eigenvalue weighted by Crippen LogP contribution is -2.70. The predicted molar refractivity (Wildman–Crippen MR) is 181 cm³/mol. The van der Waals surface area contributed by atoms with Crippen molar-refractivity contribution in [3.8, 4) is 0 Å². The van der Waals surface area contributed by atoms with E-state index in [0.29, 0.717) is 21.4 Å². The van der Waals surface area contributed by atoms with E-state index in [1.807, 2.05) is 96.4 Å². The zero-order valence-corrected chi connectivity index (χ0v) is 27.8. The van der Waals surface area contributed by atoms with E-state index in [9.17, 15) is 19.2 Å². The molecule has 4 aromatic rings. The fourth-order valence-corrected chi connectivity index (χ4v) is 8.80. The molecular formula is C35H31N3O6S3. The summed E-state index contributed by atoms with van der Waals surface area (Å²) in [7, 11) is 1.35. The largest absolute Gasteiger partial charge is 0.469 e. The third-order valence-electron chi connectivity index (χ3n) is 7.63. The fourth-order valence-electron chi connectivity index (χ4n) is 5.30. The number of carbonyl (C=O) groups excluding carboxylic acids is 4. The van der Waals surface area contributed by atoms with E-state index in [2.05, 4.69) is 10.3 Å². The van der Waals surface area contributed by atoms with Gasteiger partial charge in [-0.05, 0) is 16.7 Å². The maximum Gasteiger partial charge on any atom is 0.356 e. The molecule has 0 saturated carbocycles. The van der Waals surface area contributed by atoms with E-state index in [1.165, 1.54) is 46.9 Å². The van der Waals surface area contributed by atoms with Crippen LogP contribution in [0.2, 0.25) is 0 Å². The first-order valence-electron chi connectivity index (χ1n) is 14.9. The molecule has 2 atom stereocenters. The molecule has 47 heavy (non-hydrogen) atoms. The minimum Gasteiger partial charge on any atom is -0.469 e. The van der Waals surface area contributed by atoms with Gasteiger partial charge in [0.1, 0.15) is 17.1 Å². The maximum atomic E-state index is 14.2. The van der Waals surface area contributed by atoms with Gasteiger partial charge in [0.05, 0.1) is 25.6 Å². The van der Waals surface area contributed by atoms with Gasteiger partial charge in [0.25, 0.3) is 5.91 Å². The third-order valence-corrected chi connectivity index (χ3v) is 11.2. The van der Waals surface area contributed by atoms with Gasteiger partial charge in [0.15, 0.2) is 10.4 Å². The molecule has 0 bridgehead atoms. The summed E-state index contributed by atoms with van der Waals surface area (Å²) >= 11 is 4.18. The summed E-state index contributed by atoms with van der Waals surface area (Å²) in [6, 6.07) is 27.5. The molecule has 6 rings (SSSR count). The van der Waals surface area contributed by atoms with Gasteiger partial charge in [-0.1, -0.05) is 103 Å². The Labute approximate surface area is 284 Å². The van der Waals surface area contributed by atoms with Crippen molar-refractivity contribution in [1.29, 1.82) is 0 Å². The summed E-state index contributed by atoms with van der Waals surface area (Å²) in [5, 5.41) is 4.29. The minimum absolute atomic E-state index is 0.145. The van der Waals surface area contributed by atoms with Crippen molar-refractivity contribution in [1.82, 2.24) is 15.2 Å². The molecule has 240 valence electrons. The molecule has 1 fully saturated rings. The number of benzene rings is 3. The first-order chi connectivity index (χ1) is 22.9. The standard InChI is InChI=1S/C35H31N3O6S3/c1-43-28(40)18-17-25-20-46-35(36-25)47-26-21-45-33-29(37-27(39)19-22-11-5-2-6-12-22)32(41)38(33)30(26)34(42)44-31(23-13-7-3-8-14-23)24-15-9-4-10-16-24/h2-16,20,29,31,33H,17-19,21H2,1H3,(H,37,39)/t29-,33-/m1/s1. The van der Waals surface area contributed by atoms with Crippen molar-refractivity contribution in [2.75, 3.05) is 12.9 Å². The van der Waals surface area contributed by atoms with Crippen molar-refractivity contribution < 1.29 is 28.7 Å². The number of hydrogen-bond donors (Lipinski definition) is 1. The molecule has 2 amide bonds. The number of thiazole rings is 1. The van der Waals surface area contributed by atoms with E-state index in [0.717, 1.165) is 22.4 Å². The van der Waals surface area contributed by atoms with Crippen molar-refractivity contribution in [2.24, 2.45) is 0 Å². The topological polar surface area (TPSA) is 115 Å². The number of ether oxygens (including phenoxy) is 2. The first-order valence-corrected chi connectivity index (χ1v) is 17.7. The van der Waals surface area contributed by atoms with E-state index in [1.54, 1.807) is 0 Å². The van der Waals surface area contributed by atoms with E-state index < -0.39 is 23.5 Å². The van der Waals surface area contributed by atoms with Crippen LogP contribution >= 0.6 is 34.9 Å². The summed E-state index contributed by atoms with van der Waals surface area (Å²) in [5.41, 5.74) is 3.32. The summed E-state index contributed by atoms with van der Waals surface area (Å²) in [6.45, 7) is 0. The number of amides is 2. The quantitative estimate of drug-likeness (QED) is 0.152. The van der Waals surface area contributed by atoms with Gasteiger partial charge in [-0.2, -0.15) is 0 Å². The van der Waals surface area contributed by atoms with Crippen LogP contribution in [0.4, 0.5) is 0 Å². The molecule has 3 heterocycles. The van der Waals surface area contributed by atoms with E-state index >= 15 is 0 Å². The predicted octanol–water partition coefficient (Wildman–Crippen LogP) is 5.53. The highest BCUT2D eigenvalue weighted by molar-refractivity contribution is 8.07. The lowest BCUT2D eigenvalue weighted by molar-refractivity contribution is -0.154. The van der Waals surface area contributed by atoms with Crippen LogP contribution in [0.1, 0.15) is 34.9 Å². The fraction of sp³-hybridized carbons (Fsp3) is 0.229. The van der Waals surface area contributed by atoms with Crippen molar-refractivity contribution >= 4 is 58.6 Å². The number of esters is 2. The molecular weight excluding hydrogens is 655 g/mol. The van der Waals surface area contributed by atoms with Crippen molar-refractivity contribution in [3.63, 3.8) is 0 Å². The zero-order valence-electron chi connectivity index (χ0n) is 25.4. The highest BCUT2D eigenvalue weighted by Gasteiger charge is 2.55. The third kappa shape index (κ3) is 7.61. The van der Waals surface area contributed by atoms with E-state index in [-0.39, 0.29) is 36.3 Å². The molecule has 0 unspecified atom stereocenters. The smallest absolute Gasteiger partial charge is 0.356 e. The van der Waals surface area contributed by atoms with Gasteiger partial charge in [-0.3, -0.25) is 19.3 Å². The average molecular weight is 686 g/mol. The Balaban J connectivity index is 1.27. The molecule has 3 aromatic carbocycles.